The standard InChI is InChI=1S/C60H36N2/c1-3-17-41-39(15-1)33-53(45-21-7-5-19-43(41)45)54-36-58(55-34-40-16-2-4-18-42(40)44-20-6-8-22-46(44)55)62-60-51-27-12-10-24-48(51)52(35-56(54)60)37-29-31-38(32-30-37)59-50-26-11-9-23-47(50)49-25-13-14-28-57(49)61-59/h1-36H. The second-order valence-corrected chi connectivity index (χ2v) is 16.4. The number of benzene rings is 11. The Morgan fingerprint density at radius 2 is 0.677 bits per heavy atom. The van der Waals surface area contributed by atoms with E-state index in [1.54, 1.807) is 0 Å². The van der Waals surface area contributed by atoms with E-state index in [1.807, 2.05) is 0 Å². The molecule has 13 rings (SSSR count). The van der Waals surface area contributed by atoms with Crippen LogP contribution in [-0.4, -0.2) is 9.97 Å². The number of rotatable bonds is 4. The fourth-order valence-electron chi connectivity index (χ4n) is 10.1. The summed E-state index contributed by atoms with van der Waals surface area (Å²) in [5.74, 6) is 0. The number of para-hydroxylation sites is 1. The number of nitrogens with zero attached hydrogens (tertiary/aromatic N) is 2. The van der Waals surface area contributed by atoms with Gasteiger partial charge in [0, 0.05) is 32.7 Å². The lowest BCUT2D eigenvalue weighted by atomic mass is 9.87. The maximum absolute atomic E-state index is 5.69. The maximum Gasteiger partial charge on any atom is 0.0794 e. The minimum absolute atomic E-state index is 0.962. The van der Waals surface area contributed by atoms with Crippen molar-refractivity contribution in [3.63, 3.8) is 0 Å². The topological polar surface area (TPSA) is 25.8 Å². The summed E-state index contributed by atoms with van der Waals surface area (Å²) in [6.45, 7) is 0. The van der Waals surface area contributed by atoms with Crippen molar-refractivity contribution >= 4 is 86.4 Å². The molecule has 0 unspecified atom stereocenters. The van der Waals surface area contributed by atoms with Crippen LogP contribution in [0, 0.1) is 0 Å². The molecule has 0 fully saturated rings. The Labute approximate surface area is 358 Å². The molecule has 0 bridgehead atoms. The molecule has 0 aliphatic carbocycles. The molecule has 0 saturated carbocycles. The zero-order valence-corrected chi connectivity index (χ0v) is 33.7. The van der Waals surface area contributed by atoms with Gasteiger partial charge in [0.25, 0.3) is 0 Å². The summed E-state index contributed by atoms with van der Waals surface area (Å²) < 4.78 is 0. The Morgan fingerprint density at radius 3 is 1.32 bits per heavy atom. The molecule has 0 radical (unpaired) electrons. The molecule has 2 aromatic heterocycles. The summed E-state index contributed by atoms with van der Waals surface area (Å²) in [4.78, 5) is 10.9. The summed E-state index contributed by atoms with van der Waals surface area (Å²) in [6.07, 6.45) is 0. The average molecular weight is 785 g/mol. The average Bonchev–Trinajstić information content (AvgIpc) is 3.35. The quantitative estimate of drug-likeness (QED) is 0.166. The summed E-state index contributed by atoms with van der Waals surface area (Å²) in [7, 11) is 0. The minimum atomic E-state index is 0.962. The molecule has 2 heterocycles. The van der Waals surface area contributed by atoms with Crippen LogP contribution >= 0.6 is 0 Å². The van der Waals surface area contributed by atoms with Gasteiger partial charge in [-0.25, -0.2) is 9.97 Å². The highest BCUT2D eigenvalue weighted by Gasteiger charge is 2.20. The molecular formula is C60H36N2. The molecule has 2 heteroatoms. The molecule has 0 saturated heterocycles. The number of hydrogen-bond donors (Lipinski definition) is 0. The monoisotopic (exact) mass is 784 g/mol. The SMILES string of the molecule is c1ccc2c(c1)cc(-c1cc(-c3cc4ccccc4c4ccccc34)c3cc(-c4ccc(-c5nc6ccccc6c6ccccc56)cc4)c4ccccc4c3n1)c1ccccc12. The van der Waals surface area contributed by atoms with Crippen molar-refractivity contribution in [1.29, 1.82) is 0 Å². The first kappa shape index (κ1) is 34.6. The first-order chi connectivity index (χ1) is 30.7. The third-order valence-corrected chi connectivity index (χ3v) is 13.0. The summed E-state index contributed by atoms with van der Waals surface area (Å²) >= 11 is 0. The van der Waals surface area contributed by atoms with Crippen LogP contribution in [0.25, 0.3) is 131 Å². The molecule has 62 heavy (non-hydrogen) atoms. The Hall–Kier alpha value is -8.20. The van der Waals surface area contributed by atoms with Crippen LogP contribution in [0.2, 0.25) is 0 Å². The number of fused-ring (bicyclic) bond motifs is 12. The Morgan fingerprint density at radius 1 is 0.242 bits per heavy atom. The van der Waals surface area contributed by atoms with E-state index in [2.05, 4.69) is 218 Å². The highest BCUT2D eigenvalue weighted by atomic mass is 14.7. The van der Waals surface area contributed by atoms with Gasteiger partial charge in [0.2, 0.25) is 0 Å². The zero-order valence-electron chi connectivity index (χ0n) is 33.7. The van der Waals surface area contributed by atoms with E-state index < -0.39 is 0 Å². The molecular weight excluding hydrogens is 749 g/mol. The minimum Gasteiger partial charge on any atom is -0.247 e. The van der Waals surface area contributed by atoms with Gasteiger partial charge in [0.15, 0.2) is 0 Å². The predicted octanol–water partition coefficient (Wildman–Crippen LogP) is 16.4. The van der Waals surface area contributed by atoms with Crippen molar-refractivity contribution in [3.05, 3.63) is 218 Å². The second kappa shape index (κ2) is 13.7. The molecule has 11 aromatic carbocycles. The fourth-order valence-corrected chi connectivity index (χ4v) is 10.1. The van der Waals surface area contributed by atoms with Crippen LogP contribution in [0.3, 0.4) is 0 Å². The summed E-state index contributed by atoms with van der Waals surface area (Å²) in [5, 5.41) is 16.8. The lowest BCUT2D eigenvalue weighted by molar-refractivity contribution is 1.42. The van der Waals surface area contributed by atoms with Crippen molar-refractivity contribution < 1.29 is 0 Å². The summed E-state index contributed by atoms with van der Waals surface area (Å²) in [6, 6.07) is 79.4. The Balaban J connectivity index is 1.10. The molecule has 0 N–H and O–H groups in total. The van der Waals surface area contributed by atoms with Crippen LogP contribution in [0.4, 0.5) is 0 Å². The van der Waals surface area contributed by atoms with Gasteiger partial charge in [-0.1, -0.05) is 188 Å². The van der Waals surface area contributed by atoms with Crippen LogP contribution < -0.4 is 0 Å². The summed E-state index contributed by atoms with van der Waals surface area (Å²) in [5.41, 5.74) is 10.9. The van der Waals surface area contributed by atoms with E-state index in [0.29, 0.717) is 0 Å². The molecule has 13 aromatic rings. The van der Waals surface area contributed by atoms with Crippen LogP contribution in [0.5, 0.6) is 0 Å². The lowest BCUT2D eigenvalue weighted by Crippen LogP contribution is -1.95. The van der Waals surface area contributed by atoms with Gasteiger partial charge in [-0.3, -0.25) is 0 Å². The van der Waals surface area contributed by atoms with Crippen LogP contribution in [0.15, 0.2) is 218 Å². The normalized spacial score (nSPS) is 11.9. The first-order valence-corrected chi connectivity index (χ1v) is 21.3. The van der Waals surface area contributed by atoms with Crippen molar-refractivity contribution in [2.75, 3.05) is 0 Å². The molecule has 0 atom stereocenters. The van der Waals surface area contributed by atoms with Crippen LogP contribution in [0.1, 0.15) is 0 Å². The lowest BCUT2D eigenvalue weighted by Gasteiger charge is -2.19. The third kappa shape index (κ3) is 5.30. The van der Waals surface area contributed by atoms with Gasteiger partial charge in [0.1, 0.15) is 0 Å². The van der Waals surface area contributed by atoms with Crippen molar-refractivity contribution in [1.82, 2.24) is 9.97 Å². The van der Waals surface area contributed by atoms with Crippen molar-refractivity contribution in [3.8, 4) is 44.8 Å². The zero-order chi connectivity index (χ0) is 40.7. The maximum atomic E-state index is 5.69. The van der Waals surface area contributed by atoms with Crippen LogP contribution in [-0.2, 0) is 0 Å². The van der Waals surface area contributed by atoms with E-state index in [-0.39, 0.29) is 0 Å². The van der Waals surface area contributed by atoms with E-state index >= 15 is 0 Å². The molecule has 0 aliphatic rings. The van der Waals surface area contributed by atoms with Gasteiger partial charge in [-0.05, 0) is 106 Å². The first-order valence-electron chi connectivity index (χ1n) is 21.3. The highest BCUT2D eigenvalue weighted by molar-refractivity contribution is 6.22. The van der Waals surface area contributed by atoms with Gasteiger partial charge >= 0.3 is 0 Å². The fraction of sp³-hybridized carbons (Fsp3) is 0. The Kier molecular flexibility index (Phi) is 7.64. The van der Waals surface area contributed by atoms with E-state index in [1.165, 1.54) is 75.9 Å². The van der Waals surface area contributed by atoms with E-state index in [0.717, 1.165) is 55.3 Å². The number of aromatic nitrogens is 2. The van der Waals surface area contributed by atoms with E-state index in [9.17, 15) is 0 Å². The molecule has 286 valence electrons. The third-order valence-electron chi connectivity index (χ3n) is 13.0. The molecule has 0 spiro atoms. The van der Waals surface area contributed by atoms with Crippen molar-refractivity contribution in [2.45, 2.75) is 0 Å². The Bertz CT molecular complexity index is 3980. The molecule has 0 aliphatic heterocycles. The van der Waals surface area contributed by atoms with Gasteiger partial charge in [-0.15, -0.1) is 0 Å². The number of hydrogen-bond acceptors (Lipinski definition) is 2. The van der Waals surface area contributed by atoms with Gasteiger partial charge in [0.05, 0.1) is 22.4 Å². The smallest absolute Gasteiger partial charge is 0.0794 e. The van der Waals surface area contributed by atoms with Gasteiger partial charge in [-0.2, -0.15) is 0 Å². The number of pyridine rings is 2. The van der Waals surface area contributed by atoms with E-state index in [4.69, 9.17) is 9.97 Å². The molecule has 0 amide bonds. The van der Waals surface area contributed by atoms with Gasteiger partial charge < -0.3 is 0 Å². The highest BCUT2D eigenvalue weighted by Crippen LogP contribution is 2.45. The predicted molar refractivity (Wildman–Crippen MR) is 264 cm³/mol. The molecule has 2 nitrogen and oxygen atoms in total. The second-order valence-electron chi connectivity index (χ2n) is 16.4. The largest absolute Gasteiger partial charge is 0.247 e. The van der Waals surface area contributed by atoms with Crippen molar-refractivity contribution in [2.24, 2.45) is 0 Å².